The standard InChI is InChI=1S/C20H28FN3O2/c1-22-11-3-2-4-18(22)9-10-19(25)24-13-12-23(20(26)15-24)14-16-5-7-17(21)8-6-16/h5-8,18H,2-4,9-15H2,1H3/t18-/m0/s1. The lowest BCUT2D eigenvalue weighted by atomic mass is 9.98. The first-order valence-electron chi connectivity index (χ1n) is 9.53. The molecule has 2 fully saturated rings. The van der Waals surface area contributed by atoms with Gasteiger partial charge in [-0.25, -0.2) is 4.39 Å². The fraction of sp³-hybridized carbons (Fsp3) is 0.600. The van der Waals surface area contributed by atoms with E-state index in [9.17, 15) is 14.0 Å². The Morgan fingerprint density at radius 1 is 1.15 bits per heavy atom. The summed E-state index contributed by atoms with van der Waals surface area (Å²) >= 11 is 0. The van der Waals surface area contributed by atoms with Gasteiger partial charge in [0.1, 0.15) is 5.82 Å². The molecule has 0 spiro atoms. The Kier molecular flexibility index (Phi) is 6.25. The van der Waals surface area contributed by atoms with Crippen molar-refractivity contribution in [2.75, 3.05) is 33.2 Å². The van der Waals surface area contributed by atoms with Crippen LogP contribution in [0.3, 0.4) is 0 Å². The molecule has 0 saturated carbocycles. The number of piperazine rings is 1. The molecule has 142 valence electrons. The van der Waals surface area contributed by atoms with Crippen molar-refractivity contribution in [3.63, 3.8) is 0 Å². The van der Waals surface area contributed by atoms with Crippen LogP contribution < -0.4 is 0 Å². The maximum Gasteiger partial charge on any atom is 0.242 e. The third-order valence-corrected chi connectivity index (χ3v) is 5.57. The molecule has 2 heterocycles. The van der Waals surface area contributed by atoms with E-state index in [-0.39, 0.29) is 24.2 Å². The summed E-state index contributed by atoms with van der Waals surface area (Å²) in [5, 5.41) is 0. The fourth-order valence-electron chi connectivity index (χ4n) is 3.86. The van der Waals surface area contributed by atoms with E-state index in [1.54, 1.807) is 21.9 Å². The van der Waals surface area contributed by atoms with Crippen molar-refractivity contribution in [3.05, 3.63) is 35.6 Å². The molecule has 2 saturated heterocycles. The molecule has 1 aromatic rings. The first-order chi connectivity index (χ1) is 12.5. The second kappa shape index (κ2) is 8.62. The number of benzene rings is 1. The van der Waals surface area contributed by atoms with Crippen molar-refractivity contribution in [2.45, 2.75) is 44.7 Å². The molecule has 26 heavy (non-hydrogen) atoms. The summed E-state index contributed by atoms with van der Waals surface area (Å²) in [6.45, 7) is 2.84. The van der Waals surface area contributed by atoms with Crippen LogP contribution in [0, 0.1) is 5.82 Å². The summed E-state index contributed by atoms with van der Waals surface area (Å²) in [5.41, 5.74) is 0.903. The number of piperidine rings is 1. The van der Waals surface area contributed by atoms with Crippen LogP contribution in [0.4, 0.5) is 4.39 Å². The van der Waals surface area contributed by atoms with Gasteiger partial charge in [0.15, 0.2) is 0 Å². The molecule has 6 heteroatoms. The van der Waals surface area contributed by atoms with Crippen LogP contribution in [0.15, 0.2) is 24.3 Å². The Hall–Kier alpha value is -1.95. The number of hydrogen-bond acceptors (Lipinski definition) is 3. The van der Waals surface area contributed by atoms with Gasteiger partial charge in [0.05, 0.1) is 6.54 Å². The van der Waals surface area contributed by atoms with Gasteiger partial charge in [-0.05, 0) is 50.6 Å². The molecule has 1 atom stereocenters. The zero-order valence-electron chi connectivity index (χ0n) is 15.5. The number of nitrogens with zero attached hydrogens (tertiary/aromatic N) is 3. The molecule has 0 aliphatic carbocycles. The highest BCUT2D eigenvalue weighted by molar-refractivity contribution is 5.86. The van der Waals surface area contributed by atoms with E-state index in [1.807, 2.05) is 0 Å². The van der Waals surface area contributed by atoms with Gasteiger partial charge in [0.2, 0.25) is 11.8 Å². The summed E-state index contributed by atoms with van der Waals surface area (Å²) in [5.74, 6) is -0.235. The number of likely N-dealkylation sites (tertiary alicyclic amines) is 1. The maximum absolute atomic E-state index is 13.0. The first-order valence-corrected chi connectivity index (χ1v) is 9.53. The molecule has 0 N–H and O–H groups in total. The average Bonchev–Trinajstić information content (AvgIpc) is 2.64. The van der Waals surface area contributed by atoms with Gasteiger partial charge in [-0.1, -0.05) is 18.6 Å². The van der Waals surface area contributed by atoms with Crippen LogP contribution in [-0.4, -0.2) is 65.8 Å². The Morgan fingerprint density at radius 2 is 1.92 bits per heavy atom. The predicted molar refractivity (Wildman–Crippen MR) is 97.9 cm³/mol. The highest BCUT2D eigenvalue weighted by atomic mass is 19.1. The smallest absolute Gasteiger partial charge is 0.242 e. The SMILES string of the molecule is CN1CCCC[C@H]1CCC(=O)N1CCN(Cc2ccc(F)cc2)C(=O)C1. The van der Waals surface area contributed by atoms with Crippen LogP contribution >= 0.6 is 0 Å². The Labute approximate surface area is 154 Å². The van der Waals surface area contributed by atoms with E-state index < -0.39 is 0 Å². The summed E-state index contributed by atoms with van der Waals surface area (Å²) in [4.78, 5) is 30.7. The van der Waals surface area contributed by atoms with Crippen molar-refractivity contribution >= 4 is 11.8 Å². The second-order valence-corrected chi connectivity index (χ2v) is 7.43. The summed E-state index contributed by atoms with van der Waals surface area (Å²) in [6.07, 6.45) is 5.03. The summed E-state index contributed by atoms with van der Waals surface area (Å²) in [7, 11) is 2.13. The van der Waals surface area contributed by atoms with Crippen molar-refractivity contribution in [1.29, 1.82) is 0 Å². The predicted octanol–water partition coefficient (Wildman–Crippen LogP) is 2.26. The Bertz CT molecular complexity index is 634. The minimum absolute atomic E-state index is 0.0382. The normalized spacial score (nSPS) is 21.9. The van der Waals surface area contributed by atoms with Gasteiger partial charge in [0.25, 0.3) is 0 Å². The Morgan fingerprint density at radius 3 is 2.62 bits per heavy atom. The fourth-order valence-corrected chi connectivity index (χ4v) is 3.86. The lowest BCUT2D eigenvalue weighted by Crippen LogP contribution is -2.52. The molecular formula is C20H28FN3O2. The summed E-state index contributed by atoms with van der Waals surface area (Å²) < 4.78 is 13.0. The number of carbonyl (C=O) groups is 2. The molecule has 1 aromatic carbocycles. The number of carbonyl (C=O) groups excluding carboxylic acids is 2. The molecule has 0 aromatic heterocycles. The van der Waals surface area contributed by atoms with E-state index in [1.165, 1.54) is 25.0 Å². The number of hydrogen-bond donors (Lipinski definition) is 0. The molecule has 0 bridgehead atoms. The van der Waals surface area contributed by atoms with Crippen molar-refractivity contribution in [3.8, 4) is 0 Å². The van der Waals surface area contributed by atoms with E-state index in [4.69, 9.17) is 0 Å². The van der Waals surface area contributed by atoms with Gasteiger partial charge >= 0.3 is 0 Å². The van der Waals surface area contributed by atoms with Crippen molar-refractivity contribution in [2.24, 2.45) is 0 Å². The highest BCUT2D eigenvalue weighted by Gasteiger charge is 2.28. The quantitative estimate of drug-likeness (QED) is 0.808. The molecule has 3 rings (SSSR count). The topological polar surface area (TPSA) is 43.9 Å². The molecular weight excluding hydrogens is 333 g/mol. The van der Waals surface area contributed by atoms with Crippen LogP contribution in [-0.2, 0) is 16.1 Å². The van der Waals surface area contributed by atoms with E-state index >= 15 is 0 Å². The van der Waals surface area contributed by atoms with Crippen LogP contribution in [0.1, 0.15) is 37.7 Å². The van der Waals surface area contributed by atoms with Gasteiger partial charge in [-0.15, -0.1) is 0 Å². The van der Waals surface area contributed by atoms with E-state index in [2.05, 4.69) is 11.9 Å². The summed E-state index contributed by atoms with van der Waals surface area (Å²) in [6, 6.07) is 6.69. The van der Waals surface area contributed by atoms with Crippen LogP contribution in [0.2, 0.25) is 0 Å². The lowest BCUT2D eigenvalue weighted by molar-refractivity contribution is -0.145. The number of rotatable bonds is 5. The van der Waals surface area contributed by atoms with Crippen molar-refractivity contribution in [1.82, 2.24) is 14.7 Å². The lowest BCUT2D eigenvalue weighted by Gasteiger charge is -2.36. The molecule has 0 unspecified atom stereocenters. The largest absolute Gasteiger partial charge is 0.335 e. The molecule has 2 aliphatic rings. The zero-order chi connectivity index (χ0) is 18.5. The van der Waals surface area contributed by atoms with Crippen molar-refractivity contribution < 1.29 is 14.0 Å². The van der Waals surface area contributed by atoms with Gasteiger partial charge < -0.3 is 14.7 Å². The first kappa shape index (κ1) is 18.8. The monoisotopic (exact) mass is 361 g/mol. The molecule has 2 amide bonds. The minimum atomic E-state index is -0.279. The zero-order valence-corrected chi connectivity index (χ0v) is 15.5. The third-order valence-electron chi connectivity index (χ3n) is 5.57. The third kappa shape index (κ3) is 4.81. The van der Waals surface area contributed by atoms with Crippen LogP contribution in [0.5, 0.6) is 0 Å². The van der Waals surface area contributed by atoms with Gasteiger partial charge in [-0.3, -0.25) is 9.59 Å². The highest BCUT2D eigenvalue weighted by Crippen LogP contribution is 2.20. The maximum atomic E-state index is 13.0. The second-order valence-electron chi connectivity index (χ2n) is 7.43. The molecule has 0 radical (unpaired) electrons. The minimum Gasteiger partial charge on any atom is -0.335 e. The molecule has 2 aliphatic heterocycles. The molecule has 5 nitrogen and oxygen atoms in total. The van der Waals surface area contributed by atoms with E-state index in [0.717, 1.165) is 24.9 Å². The van der Waals surface area contributed by atoms with Gasteiger partial charge in [0, 0.05) is 32.1 Å². The van der Waals surface area contributed by atoms with Gasteiger partial charge in [-0.2, -0.15) is 0 Å². The number of halogens is 1. The van der Waals surface area contributed by atoms with Crippen LogP contribution in [0.25, 0.3) is 0 Å². The average molecular weight is 361 g/mol. The number of amides is 2. The Balaban J connectivity index is 1.46. The van der Waals surface area contributed by atoms with E-state index in [0.29, 0.717) is 32.1 Å².